The second-order valence-electron chi connectivity index (χ2n) is 5.52. The van der Waals surface area contributed by atoms with Crippen molar-refractivity contribution in [2.24, 2.45) is 0 Å². The standard InChI is InChI=1S/C16H26N2O2/c1-5-18(4)12-11-16(15(19)20,17-13(2)3)14-9-7-6-8-10-14/h6-10,13,17H,5,11-12H2,1-4H3,(H,19,20). The highest BCUT2D eigenvalue weighted by Crippen LogP contribution is 2.26. The minimum absolute atomic E-state index is 0.0956. The molecule has 4 nitrogen and oxygen atoms in total. The number of hydrogen-bond donors (Lipinski definition) is 2. The lowest BCUT2D eigenvalue weighted by molar-refractivity contribution is -0.146. The van der Waals surface area contributed by atoms with Crippen LogP contribution in [0.3, 0.4) is 0 Å². The molecule has 20 heavy (non-hydrogen) atoms. The number of carboxylic acids is 1. The van der Waals surface area contributed by atoms with Gasteiger partial charge in [0, 0.05) is 12.6 Å². The van der Waals surface area contributed by atoms with E-state index in [-0.39, 0.29) is 6.04 Å². The normalized spacial score (nSPS) is 14.5. The highest BCUT2D eigenvalue weighted by atomic mass is 16.4. The molecule has 0 heterocycles. The van der Waals surface area contributed by atoms with Crippen LogP contribution in [0.1, 0.15) is 32.8 Å². The van der Waals surface area contributed by atoms with Gasteiger partial charge in [-0.25, -0.2) is 4.79 Å². The van der Waals surface area contributed by atoms with E-state index in [0.717, 1.165) is 18.7 Å². The Labute approximate surface area is 121 Å². The molecule has 0 aliphatic carbocycles. The fraction of sp³-hybridized carbons (Fsp3) is 0.562. The Kier molecular flexibility index (Phi) is 6.17. The topological polar surface area (TPSA) is 52.6 Å². The smallest absolute Gasteiger partial charge is 0.328 e. The van der Waals surface area contributed by atoms with Gasteiger partial charge in [0.25, 0.3) is 0 Å². The number of carbonyl (C=O) groups is 1. The first-order chi connectivity index (χ1) is 9.42. The molecule has 1 unspecified atom stereocenters. The van der Waals surface area contributed by atoms with Crippen molar-refractivity contribution in [3.05, 3.63) is 35.9 Å². The number of nitrogens with one attached hydrogen (secondary N) is 1. The molecule has 0 aromatic heterocycles. The van der Waals surface area contributed by atoms with Gasteiger partial charge in [-0.1, -0.05) is 37.3 Å². The number of nitrogens with zero attached hydrogens (tertiary/aromatic N) is 1. The lowest BCUT2D eigenvalue weighted by Gasteiger charge is -2.34. The van der Waals surface area contributed by atoms with E-state index in [4.69, 9.17) is 0 Å². The first-order valence-electron chi connectivity index (χ1n) is 7.17. The summed E-state index contributed by atoms with van der Waals surface area (Å²) in [7, 11) is 2.01. The van der Waals surface area contributed by atoms with Crippen molar-refractivity contribution in [2.45, 2.75) is 38.8 Å². The van der Waals surface area contributed by atoms with Gasteiger partial charge >= 0.3 is 5.97 Å². The monoisotopic (exact) mass is 278 g/mol. The van der Waals surface area contributed by atoms with Gasteiger partial charge in [0.1, 0.15) is 5.54 Å². The van der Waals surface area contributed by atoms with Crippen LogP contribution >= 0.6 is 0 Å². The van der Waals surface area contributed by atoms with Crippen molar-refractivity contribution < 1.29 is 9.90 Å². The minimum atomic E-state index is -1.03. The maximum atomic E-state index is 12.0. The van der Waals surface area contributed by atoms with E-state index >= 15 is 0 Å². The molecule has 0 aliphatic heterocycles. The Hall–Kier alpha value is -1.39. The molecule has 0 radical (unpaired) electrons. The molecule has 0 fully saturated rings. The van der Waals surface area contributed by atoms with Crippen molar-refractivity contribution in [1.29, 1.82) is 0 Å². The Morgan fingerprint density at radius 2 is 1.95 bits per heavy atom. The van der Waals surface area contributed by atoms with Gasteiger partial charge in [-0.15, -0.1) is 0 Å². The molecule has 0 spiro atoms. The van der Waals surface area contributed by atoms with E-state index < -0.39 is 11.5 Å². The van der Waals surface area contributed by atoms with Crippen molar-refractivity contribution in [3.8, 4) is 0 Å². The number of aliphatic carboxylic acids is 1. The van der Waals surface area contributed by atoms with Crippen LogP contribution < -0.4 is 5.32 Å². The molecule has 0 saturated carbocycles. The summed E-state index contributed by atoms with van der Waals surface area (Å²) in [5.74, 6) is -0.818. The van der Waals surface area contributed by atoms with Crippen LogP contribution in [0, 0.1) is 0 Å². The summed E-state index contributed by atoms with van der Waals surface area (Å²) in [6, 6.07) is 9.55. The van der Waals surface area contributed by atoms with E-state index in [2.05, 4.69) is 17.1 Å². The van der Waals surface area contributed by atoms with E-state index in [9.17, 15) is 9.90 Å². The van der Waals surface area contributed by atoms with E-state index in [1.807, 2.05) is 51.2 Å². The van der Waals surface area contributed by atoms with E-state index in [1.165, 1.54) is 0 Å². The Bertz CT molecular complexity index is 420. The first-order valence-corrected chi connectivity index (χ1v) is 7.17. The van der Waals surface area contributed by atoms with Crippen LogP contribution in [0.4, 0.5) is 0 Å². The van der Waals surface area contributed by atoms with Gasteiger partial charge in [-0.3, -0.25) is 5.32 Å². The summed E-state index contributed by atoms with van der Waals surface area (Å²) in [5.41, 5.74) is -0.218. The lowest BCUT2D eigenvalue weighted by Crippen LogP contribution is -2.53. The van der Waals surface area contributed by atoms with Crippen molar-refractivity contribution in [3.63, 3.8) is 0 Å². The van der Waals surface area contributed by atoms with Crippen LogP contribution in [-0.2, 0) is 10.3 Å². The van der Waals surface area contributed by atoms with Crippen LogP contribution in [0.15, 0.2) is 30.3 Å². The van der Waals surface area contributed by atoms with Gasteiger partial charge in [0.05, 0.1) is 0 Å². The molecule has 0 bridgehead atoms. The third-order valence-electron chi connectivity index (χ3n) is 3.58. The highest BCUT2D eigenvalue weighted by Gasteiger charge is 2.40. The zero-order valence-corrected chi connectivity index (χ0v) is 12.9. The van der Waals surface area contributed by atoms with Crippen LogP contribution in [0.5, 0.6) is 0 Å². The zero-order chi connectivity index (χ0) is 15.2. The summed E-state index contributed by atoms with van der Waals surface area (Å²) >= 11 is 0. The second-order valence-corrected chi connectivity index (χ2v) is 5.52. The Morgan fingerprint density at radius 3 is 2.40 bits per heavy atom. The minimum Gasteiger partial charge on any atom is -0.480 e. The lowest BCUT2D eigenvalue weighted by atomic mass is 9.85. The van der Waals surface area contributed by atoms with Crippen LogP contribution in [0.2, 0.25) is 0 Å². The van der Waals surface area contributed by atoms with Gasteiger partial charge < -0.3 is 10.0 Å². The average Bonchev–Trinajstić information content (AvgIpc) is 2.43. The maximum Gasteiger partial charge on any atom is 0.328 e. The molecule has 2 N–H and O–H groups in total. The summed E-state index contributed by atoms with van der Waals surface area (Å²) in [6.07, 6.45) is 0.537. The zero-order valence-electron chi connectivity index (χ0n) is 12.9. The molecule has 1 aromatic carbocycles. The Morgan fingerprint density at radius 1 is 1.35 bits per heavy atom. The van der Waals surface area contributed by atoms with Gasteiger partial charge in [-0.2, -0.15) is 0 Å². The SMILES string of the molecule is CCN(C)CCC(NC(C)C)(C(=O)O)c1ccccc1. The molecular weight excluding hydrogens is 252 g/mol. The summed E-state index contributed by atoms with van der Waals surface area (Å²) < 4.78 is 0. The number of carboxylic acid groups (broad SMARTS) is 1. The van der Waals surface area contributed by atoms with Gasteiger partial charge in [0.15, 0.2) is 0 Å². The third-order valence-corrected chi connectivity index (χ3v) is 3.58. The molecule has 1 atom stereocenters. The molecule has 1 rings (SSSR count). The molecule has 112 valence electrons. The highest BCUT2D eigenvalue weighted by molar-refractivity contribution is 5.80. The fourth-order valence-corrected chi connectivity index (χ4v) is 2.32. The molecule has 4 heteroatoms. The summed E-state index contributed by atoms with van der Waals surface area (Å²) in [5, 5.41) is 13.1. The van der Waals surface area contributed by atoms with Crippen molar-refractivity contribution >= 4 is 5.97 Å². The summed E-state index contributed by atoms with van der Waals surface area (Å²) in [4.78, 5) is 14.1. The quantitative estimate of drug-likeness (QED) is 0.766. The largest absolute Gasteiger partial charge is 0.480 e. The maximum absolute atomic E-state index is 12.0. The number of benzene rings is 1. The molecule has 0 saturated heterocycles. The first kappa shape index (κ1) is 16.7. The average molecular weight is 278 g/mol. The molecular formula is C16H26N2O2. The van der Waals surface area contributed by atoms with Gasteiger partial charge in [0.2, 0.25) is 0 Å². The number of hydrogen-bond acceptors (Lipinski definition) is 3. The van der Waals surface area contributed by atoms with E-state index in [0.29, 0.717) is 6.42 Å². The van der Waals surface area contributed by atoms with Crippen LogP contribution in [-0.4, -0.2) is 42.2 Å². The summed E-state index contributed by atoms with van der Waals surface area (Å²) in [6.45, 7) is 7.67. The third kappa shape index (κ3) is 4.05. The van der Waals surface area contributed by atoms with Gasteiger partial charge in [-0.05, 0) is 39.4 Å². The predicted octanol–water partition coefficient (Wildman–Crippen LogP) is 2.31. The molecule has 0 amide bonds. The second kappa shape index (κ2) is 7.41. The Balaban J connectivity index is 3.11. The predicted molar refractivity (Wildman–Crippen MR) is 81.8 cm³/mol. The molecule has 0 aliphatic rings. The van der Waals surface area contributed by atoms with E-state index in [1.54, 1.807) is 0 Å². The fourth-order valence-electron chi connectivity index (χ4n) is 2.32. The molecule has 1 aromatic rings. The van der Waals surface area contributed by atoms with Crippen LogP contribution in [0.25, 0.3) is 0 Å². The number of rotatable bonds is 8. The van der Waals surface area contributed by atoms with Crippen molar-refractivity contribution in [2.75, 3.05) is 20.1 Å². The van der Waals surface area contributed by atoms with Crippen molar-refractivity contribution in [1.82, 2.24) is 10.2 Å².